The second kappa shape index (κ2) is 7.05. The molecule has 2 amide bonds. The van der Waals surface area contributed by atoms with Crippen LogP contribution in [-0.2, 0) is 4.79 Å². The summed E-state index contributed by atoms with van der Waals surface area (Å²) in [5, 5.41) is 11.6. The fraction of sp³-hybridized carbons (Fsp3) is 0.529. The molecular weight excluding hydrogens is 353 g/mol. The molecule has 3 rings (SSSR count). The maximum atomic E-state index is 13.0. The molecule has 1 aliphatic carbocycles. The van der Waals surface area contributed by atoms with Crippen LogP contribution >= 0.6 is 0 Å². The number of anilines is 1. The first-order valence-electron chi connectivity index (χ1n) is 8.33. The summed E-state index contributed by atoms with van der Waals surface area (Å²) in [4.78, 5) is 24.4. The maximum absolute atomic E-state index is 13.0. The van der Waals surface area contributed by atoms with Gasteiger partial charge in [0.05, 0.1) is 24.1 Å². The Morgan fingerprint density at radius 2 is 1.92 bits per heavy atom. The van der Waals surface area contributed by atoms with Crippen molar-refractivity contribution >= 4 is 17.7 Å². The molecule has 0 spiro atoms. The van der Waals surface area contributed by atoms with Gasteiger partial charge in [0, 0.05) is 13.1 Å². The minimum absolute atomic E-state index is 0.348. The molecule has 9 heteroatoms. The summed E-state index contributed by atoms with van der Waals surface area (Å²) in [6, 6.07) is 5.88. The Morgan fingerprint density at radius 1 is 1.23 bits per heavy atom. The lowest BCUT2D eigenvalue weighted by atomic mass is 9.96. The number of rotatable bonds is 5. The number of hydrogen-bond donors (Lipinski definition) is 2. The monoisotopic (exact) mass is 372 g/mol. The molecule has 1 heterocycles. The third-order valence-electron chi connectivity index (χ3n) is 4.64. The van der Waals surface area contributed by atoms with Crippen molar-refractivity contribution in [2.45, 2.75) is 19.0 Å². The largest absolute Gasteiger partial charge is 0.491 e. The molecule has 1 aromatic carbocycles. The van der Waals surface area contributed by atoms with Gasteiger partial charge in [-0.2, -0.15) is 13.2 Å². The molecule has 0 bridgehead atoms. The summed E-state index contributed by atoms with van der Waals surface area (Å²) < 4.78 is 44.8. The first-order valence-corrected chi connectivity index (χ1v) is 8.33. The lowest BCUT2D eigenvalue weighted by molar-refractivity contribution is -0.187. The molecule has 1 saturated carbocycles. The van der Waals surface area contributed by atoms with E-state index in [1.807, 2.05) is 0 Å². The van der Waals surface area contributed by atoms with E-state index in [4.69, 9.17) is 9.84 Å². The number of halogens is 3. The summed E-state index contributed by atoms with van der Waals surface area (Å²) in [5.41, 5.74) is 0.348. The van der Waals surface area contributed by atoms with Gasteiger partial charge in [0.15, 0.2) is 0 Å². The summed E-state index contributed by atoms with van der Waals surface area (Å²) in [7, 11) is 0. The van der Waals surface area contributed by atoms with Gasteiger partial charge in [-0.3, -0.25) is 4.79 Å². The van der Waals surface area contributed by atoms with E-state index in [1.54, 1.807) is 24.3 Å². The standard InChI is InChI=1S/C17H19F3N2O4/c18-17(19,20)12-8-22(7-11(12)15(23)24)16(25)21-13-3-1-2-4-14(13)26-9-10-5-6-10/h1-4,10-12H,5-9H2,(H,21,25)(H,23,24)/t11-,12-/m1/s1. The first kappa shape index (κ1) is 18.3. The number of hydrogen-bond acceptors (Lipinski definition) is 3. The molecule has 26 heavy (non-hydrogen) atoms. The molecule has 2 N–H and O–H groups in total. The van der Waals surface area contributed by atoms with Crippen LogP contribution in [-0.4, -0.2) is 47.9 Å². The lowest BCUT2D eigenvalue weighted by Gasteiger charge is -2.19. The van der Waals surface area contributed by atoms with Crippen LogP contribution < -0.4 is 10.1 Å². The molecule has 1 saturated heterocycles. The van der Waals surface area contributed by atoms with Crippen LogP contribution in [0.4, 0.5) is 23.7 Å². The maximum Gasteiger partial charge on any atom is 0.394 e. The van der Waals surface area contributed by atoms with E-state index in [0.29, 0.717) is 24.0 Å². The average Bonchev–Trinajstić information content (AvgIpc) is 3.27. The number of alkyl halides is 3. The number of urea groups is 1. The number of aliphatic carboxylic acids is 1. The zero-order valence-corrected chi connectivity index (χ0v) is 13.8. The zero-order chi connectivity index (χ0) is 18.9. The number of amides is 2. The quantitative estimate of drug-likeness (QED) is 0.832. The molecule has 0 unspecified atom stereocenters. The molecule has 142 valence electrons. The van der Waals surface area contributed by atoms with Crippen molar-refractivity contribution in [1.29, 1.82) is 0 Å². The molecule has 0 aromatic heterocycles. The first-order chi connectivity index (χ1) is 12.3. The number of ether oxygens (including phenoxy) is 1. The molecule has 2 atom stereocenters. The predicted molar refractivity (Wildman–Crippen MR) is 85.9 cm³/mol. The Morgan fingerprint density at radius 3 is 2.50 bits per heavy atom. The van der Waals surface area contributed by atoms with Crippen molar-refractivity contribution in [1.82, 2.24) is 4.90 Å². The van der Waals surface area contributed by atoms with E-state index >= 15 is 0 Å². The highest BCUT2D eigenvalue weighted by atomic mass is 19.4. The molecule has 2 fully saturated rings. The smallest absolute Gasteiger partial charge is 0.394 e. The summed E-state index contributed by atoms with van der Waals surface area (Å²) >= 11 is 0. The SMILES string of the molecule is O=C(O)[C@@H]1CN(C(=O)Nc2ccccc2OCC2CC2)C[C@H]1C(F)(F)F. The fourth-order valence-electron chi connectivity index (χ4n) is 2.93. The van der Waals surface area contributed by atoms with E-state index < -0.39 is 43.1 Å². The molecule has 6 nitrogen and oxygen atoms in total. The van der Waals surface area contributed by atoms with Crippen LogP contribution in [0.25, 0.3) is 0 Å². The Hall–Kier alpha value is -2.45. The number of para-hydroxylation sites is 2. The molecule has 0 radical (unpaired) electrons. The third kappa shape index (κ3) is 4.20. The van der Waals surface area contributed by atoms with Gasteiger partial charge >= 0.3 is 18.2 Å². The van der Waals surface area contributed by atoms with Crippen molar-refractivity contribution in [3.8, 4) is 5.75 Å². The highest BCUT2D eigenvalue weighted by molar-refractivity contribution is 5.91. The summed E-state index contributed by atoms with van der Waals surface area (Å²) in [6.07, 6.45) is -2.49. The van der Waals surface area contributed by atoms with Gasteiger partial charge in [0.2, 0.25) is 0 Å². The second-order valence-corrected chi connectivity index (χ2v) is 6.68. The Labute approximate surface area is 147 Å². The van der Waals surface area contributed by atoms with Crippen molar-refractivity contribution in [2.24, 2.45) is 17.8 Å². The van der Waals surface area contributed by atoms with Gasteiger partial charge in [-0.15, -0.1) is 0 Å². The minimum atomic E-state index is -4.68. The van der Waals surface area contributed by atoms with Gasteiger partial charge in [0.1, 0.15) is 5.75 Å². The van der Waals surface area contributed by atoms with Crippen molar-refractivity contribution in [3.05, 3.63) is 24.3 Å². The van der Waals surface area contributed by atoms with E-state index in [1.165, 1.54) is 0 Å². The highest BCUT2D eigenvalue weighted by Crippen LogP contribution is 2.38. The number of carboxylic acids is 1. The number of carboxylic acid groups (broad SMARTS) is 1. The molecule has 1 aliphatic heterocycles. The van der Waals surface area contributed by atoms with Gasteiger partial charge < -0.3 is 20.1 Å². The van der Waals surface area contributed by atoms with Crippen LogP contribution in [0.1, 0.15) is 12.8 Å². The van der Waals surface area contributed by atoms with Crippen LogP contribution in [0, 0.1) is 17.8 Å². The van der Waals surface area contributed by atoms with Gasteiger partial charge in [-0.1, -0.05) is 12.1 Å². The summed E-state index contributed by atoms with van der Waals surface area (Å²) in [6.45, 7) is -0.651. The molecule has 2 aliphatic rings. The van der Waals surface area contributed by atoms with Crippen LogP contribution in [0.15, 0.2) is 24.3 Å². The van der Waals surface area contributed by atoms with E-state index in [9.17, 15) is 22.8 Å². The number of benzene rings is 1. The van der Waals surface area contributed by atoms with E-state index in [-0.39, 0.29) is 0 Å². The van der Waals surface area contributed by atoms with Crippen molar-refractivity contribution in [2.75, 3.05) is 25.0 Å². The Kier molecular flexibility index (Phi) is 4.97. The highest BCUT2D eigenvalue weighted by Gasteiger charge is 2.53. The van der Waals surface area contributed by atoms with Crippen molar-refractivity contribution < 1.29 is 32.6 Å². The zero-order valence-electron chi connectivity index (χ0n) is 13.8. The van der Waals surface area contributed by atoms with Crippen LogP contribution in [0.3, 0.4) is 0 Å². The summed E-state index contributed by atoms with van der Waals surface area (Å²) in [5.74, 6) is -4.36. The van der Waals surface area contributed by atoms with Gasteiger partial charge in [0.25, 0.3) is 0 Å². The number of carbonyl (C=O) groups excluding carboxylic acids is 1. The second-order valence-electron chi connectivity index (χ2n) is 6.68. The lowest BCUT2D eigenvalue weighted by Crippen LogP contribution is -2.35. The minimum Gasteiger partial charge on any atom is -0.491 e. The Bertz CT molecular complexity index is 691. The normalized spacial score (nSPS) is 23.0. The fourth-order valence-corrected chi connectivity index (χ4v) is 2.93. The van der Waals surface area contributed by atoms with Crippen molar-refractivity contribution in [3.63, 3.8) is 0 Å². The molecule has 1 aromatic rings. The number of nitrogens with one attached hydrogen (secondary N) is 1. The number of nitrogens with zero attached hydrogens (tertiary/aromatic N) is 1. The Balaban J connectivity index is 1.67. The van der Waals surface area contributed by atoms with E-state index in [2.05, 4.69) is 5.32 Å². The number of carbonyl (C=O) groups is 2. The van der Waals surface area contributed by atoms with Gasteiger partial charge in [-0.25, -0.2) is 4.79 Å². The number of likely N-dealkylation sites (tertiary alicyclic amines) is 1. The van der Waals surface area contributed by atoms with Crippen LogP contribution in [0.5, 0.6) is 5.75 Å². The average molecular weight is 372 g/mol. The van der Waals surface area contributed by atoms with E-state index in [0.717, 1.165) is 17.7 Å². The molecular formula is C17H19F3N2O4. The third-order valence-corrected chi connectivity index (χ3v) is 4.64. The van der Waals surface area contributed by atoms with Gasteiger partial charge in [-0.05, 0) is 30.9 Å². The topological polar surface area (TPSA) is 78.9 Å². The predicted octanol–water partition coefficient (Wildman–Crippen LogP) is 3.20. The van der Waals surface area contributed by atoms with Crippen LogP contribution in [0.2, 0.25) is 0 Å².